The molecule has 1 radical (unpaired) electrons. The highest BCUT2D eigenvalue weighted by atomic mass is 32.2. The number of hydrogen-bond acceptors (Lipinski definition) is 3. The molecule has 3 nitrogen and oxygen atoms in total. The summed E-state index contributed by atoms with van der Waals surface area (Å²) in [7, 11) is -3.23. The third-order valence-corrected chi connectivity index (χ3v) is 3.29. The third kappa shape index (κ3) is 3.11. The summed E-state index contributed by atoms with van der Waals surface area (Å²) in [5.74, 6) is 0.0766. The SMILES string of the molecule is CCS(=O)(=O)OC1CC[CH]CC1. The topological polar surface area (TPSA) is 43.4 Å². The molecule has 0 amide bonds. The van der Waals surface area contributed by atoms with Gasteiger partial charge < -0.3 is 0 Å². The minimum atomic E-state index is -3.23. The van der Waals surface area contributed by atoms with Crippen LogP contribution in [0.15, 0.2) is 0 Å². The van der Waals surface area contributed by atoms with Gasteiger partial charge >= 0.3 is 0 Å². The molecule has 71 valence electrons. The maximum atomic E-state index is 11.0. The van der Waals surface area contributed by atoms with Crippen molar-refractivity contribution in [2.75, 3.05) is 5.75 Å². The fourth-order valence-corrected chi connectivity index (χ4v) is 2.01. The van der Waals surface area contributed by atoms with Gasteiger partial charge in [0, 0.05) is 0 Å². The van der Waals surface area contributed by atoms with E-state index >= 15 is 0 Å². The van der Waals surface area contributed by atoms with Crippen LogP contribution in [-0.2, 0) is 14.3 Å². The first-order chi connectivity index (χ1) is 5.64. The Morgan fingerprint density at radius 2 is 2.00 bits per heavy atom. The Hall–Kier alpha value is -0.0900. The minimum Gasteiger partial charge on any atom is -0.267 e. The normalized spacial score (nSPS) is 21.1. The molecular formula is C8H15O3S. The summed E-state index contributed by atoms with van der Waals surface area (Å²) in [6.45, 7) is 1.60. The quantitative estimate of drug-likeness (QED) is 0.635. The van der Waals surface area contributed by atoms with Crippen LogP contribution in [0.2, 0.25) is 0 Å². The summed E-state index contributed by atoms with van der Waals surface area (Å²) in [5, 5.41) is 0. The fourth-order valence-electron chi connectivity index (χ4n) is 1.27. The molecule has 0 bridgehead atoms. The van der Waals surface area contributed by atoms with Crippen LogP contribution >= 0.6 is 0 Å². The van der Waals surface area contributed by atoms with Crippen LogP contribution in [0.5, 0.6) is 0 Å². The van der Waals surface area contributed by atoms with Crippen LogP contribution in [0, 0.1) is 6.42 Å². The van der Waals surface area contributed by atoms with Gasteiger partial charge in [-0.2, -0.15) is 8.42 Å². The zero-order valence-electron chi connectivity index (χ0n) is 7.32. The molecule has 1 aliphatic carbocycles. The highest BCUT2D eigenvalue weighted by Crippen LogP contribution is 2.21. The molecule has 0 aromatic carbocycles. The highest BCUT2D eigenvalue weighted by molar-refractivity contribution is 7.86. The van der Waals surface area contributed by atoms with Crippen LogP contribution in [0.4, 0.5) is 0 Å². The average molecular weight is 191 g/mol. The van der Waals surface area contributed by atoms with Crippen molar-refractivity contribution < 1.29 is 12.6 Å². The molecule has 0 saturated heterocycles. The van der Waals surface area contributed by atoms with Crippen LogP contribution in [0.25, 0.3) is 0 Å². The molecular weight excluding hydrogens is 176 g/mol. The van der Waals surface area contributed by atoms with E-state index in [1.54, 1.807) is 6.92 Å². The molecule has 0 atom stereocenters. The standard InChI is InChI=1S/C8H15O3S/c1-2-12(9,10)11-8-6-4-3-5-7-8/h3,8H,2,4-7H2,1H3. The van der Waals surface area contributed by atoms with Gasteiger partial charge in [-0.05, 0) is 39.0 Å². The van der Waals surface area contributed by atoms with E-state index in [4.69, 9.17) is 4.18 Å². The molecule has 0 unspecified atom stereocenters. The highest BCUT2D eigenvalue weighted by Gasteiger charge is 2.19. The van der Waals surface area contributed by atoms with Gasteiger partial charge in [0.25, 0.3) is 10.1 Å². The second kappa shape index (κ2) is 4.23. The number of rotatable bonds is 3. The molecule has 12 heavy (non-hydrogen) atoms. The Labute approximate surface area is 74.2 Å². The van der Waals surface area contributed by atoms with Crippen LogP contribution in [-0.4, -0.2) is 20.3 Å². The van der Waals surface area contributed by atoms with Crippen molar-refractivity contribution in [3.63, 3.8) is 0 Å². The lowest BCUT2D eigenvalue weighted by Gasteiger charge is -2.20. The molecule has 0 aliphatic heterocycles. The van der Waals surface area contributed by atoms with E-state index in [-0.39, 0.29) is 11.9 Å². The van der Waals surface area contributed by atoms with E-state index in [2.05, 4.69) is 6.42 Å². The molecule has 1 aliphatic rings. The number of hydrogen-bond donors (Lipinski definition) is 0. The Bertz CT molecular complexity index is 214. The van der Waals surface area contributed by atoms with Crippen molar-refractivity contribution in [1.82, 2.24) is 0 Å². The molecule has 0 heterocycles. The lowest BCUT2D eigenvalue weighted by Crippen LogP contribution is -2.22. The summed E-state index contributed by atoms with van der Waals surface area (Å²) < 4.78 is 27.1. The lowest BCUT2D eigenvalue weighted by atomic mass is 9.98. The van der Waals surface area contributed by atoms with Gasteiger partial charge in [0.15, 0.2) is 0 Å². The van der Waals surface area contributed by atoms with Crippen LogP contribution in [0.1, 0.15) is 32.6 Å². The van der Waals surface area contributed by atoms with Crippen molar-refractivity contribution in [1.29, 1.82) is 0 Å². The van der Waals surface area contributed by atoms with E-state index in [0.29, 0.717) is 0 Å². The fraction of sp³-hybridized carbons (Fsp3) is 0.875. The smallest absolute Gasteiger partial charge is 0.267 e. The molecule has 4 heteroatoms. The summed E-state index contributed by atoms with van der Waals surface area (Å²) in [6.07, 6.45) is 5.75. The van der Waals surface area contributed by atoms with Crippen molar-refractivity contribution in [2.45, 2.75) is 38.7 Å². The van der Waals surface area contributed by atoms with Gasteiger partial charge in [0.2, 0.25) is 0 Å². The van der Waals surface area contributed by atoms with E-state index in [0.717, 1.165) is 25.7 Å². The molecule has 0 aromatic heterocycles. The zero-order valence-corrected chi connectivity index (χ0v) is 8.14. The average Bonchev–Trinajstić information content (AvgIpc) is 2.06. The van der Waals surface area contributed by atoms with E-state index < -0.39 is 10.1 Å². The first kappa shape index (κ1) is 9.99. The first-order valence-corrected chi connectivity index (χ1v) is 5.94. The van der Waals surface area contributed by atoms with Gasteiger partial charge in [-0.25, -0.2) is 0 Å². The Kier molecular flexibility index (Phi) is 3.53. The molecule has 0 aromatic rings. The summed E-state index contributed by atoms with van der Waals surface area (Å²) in [6, 6.07) is 0. The zero-order chi connectivity index (χ0) is 9.03. The predicted octanol–water partition coefficient (Wildman–Crippen LogP) is 1.50. The van der Waals surface area contributed by atoms with Crippen LogP contribution < -0.4 is 0 Å². The first-order valence-electron chi connectivity index (χ1n) is 4.36. The third-order valence-electron chi connectivity index (χ3n) is 2.02. The molecule has 1 fully saturated rings. The maximum absolute atomic E-state index is 11.0. The van der Waals surface area contributed by atoms with Crippen LogP contribution in [0.3, 0.4) is 0 Å². The van der Waals surface area contributed by atoms with E-state index in [1.807, 2.05) is 0 Å². The largest absolute Gasteiger partial charge is 0.267 e. The molecule has 0 N–H and O–H groups in total. The Balaban J connectivity index is 2.39. The lowest BCUT2D eigenvalue weighted by molar-refractivity contribution is 0.176. The van der Waals surface area contributed by atoms with Gasteiger partial charge in [-0.15, -0.1) is 0 Å². The second-order valence-electron chi connectivity index (χ2n) is 3.01. The summed E-state index contributed by atoms with van der Waals surface area (Å²) >= 11 is 0. The second-order valence-corrected chi connectivity index (χ2v) is 4.89. The van der Waals surface area contributed by atoms with Gasteiger partial charge in [0.1, 0.15) is 0 Å². The van der Waals surface area contributed by atoms with Crippen molar-refractivity contribution in [3.05, 3.63) is 6.42 Å². The van der Waals surface area contributed by atoms with Crippen molar-refractivity contribution in [2.24, 2.45) is 0 Å². The minimum absolute atomic E-state index is 0.0695. The predicted molar refractivity (Wildman–Crippen MR) is 47.1 cm³/mol. The maximum Gasteiger partial charge on any atom is 0.267 e. The van der Waals surface area contributed by atoms with Gasteiger partial charge in [-0.3, -0.25) is 4.18 Å². The molecule has 1 saturated carbocycles. The van der Waals surface area contributed by atoms with Gasteiger partial charge in [0.05, 0.1) is 11.9 Å². The van der Waals surface area contributed by atoms with Crippen molar-refractivity contribution in [3.8, 4) is 0 Å². The molecule has 1 rings (SSSR count). The Morgan fingerprint density at radius 3 is 2.50 bits per heavy atom. The summed E-state index contributed by atoms with van der Waals surface area (Å²) in [5.41, 5.74) is 0. The van der Waals surface area contributed by atoms with E-state index in [1.165, 1.54) is 0 Å². The monoisotopic (exact) mass is 191 g/mol. The van der Waals surface area contributed by atoms with Crippen molar-refractivity contribution >= 4 is 10.1 Å². The van der Waals surface area contributed by atoms with E-state index in [9.17, 15) is 8.42 Å². The van der Waals surface area contributed by atoms with Gasteiger partial charge in [-0.1, -0.05) is 0 Å². The summed E-state index contributed by atoms with van der Waals surface area (Å²) in [4.78, 5) is 0. The Morgan fingerprint density at radius 1 is 1.42 bits per heavy atom. The molecule has 0 spiro atoms.